The highest BCUT2D eigenvalue weighted by molar-refractivity contribution is 7.99. The minimum atomic E-state index is -3.89. The Morgan fingerprint density at radius 3 is 2.37 bits per heavy atom. The minimum Gasteiger partial charge on any atom is -0.478 e. The molecule has 0 unspecified atom stereocenters. The van der Waals surface area contributed by atoms with Crippen molar-refractivity contribution in [1.29, 1.82) is 0 Å². The van der Waals surface area contributed by atoms with Crippen molar-refractivity contribution >= 4 is 56.8 Å². The van der Waals surface area contributed by atoms with Crippen LogP contribution < -0.4 is 15.4 Å². The Kier molecular flexibility index (Phi) is 13.1. The number of halogens is 4. The number of aliphatic carboxylic acids is 1. The number of carboxylic acids is 1. The van der Waals surface area contributed by atoms with Crippen molar-refractivity contribution < 1.29 is 50.6 Å². The van der Waals surface area contributed by atoms with Crippen LogP contribution in [-0.2, 0) is 41.2 Å². The van der Waals surface area contributed by atoms with Crippen LogP contribution in [0.2, 0.25) is 5.02 Å². The fraction of sp³-hybridized carbons (Fsp3) is 0.333. The summed E-state index contributed by atoms with van der Waals surface area (Å²) in [6.07, 6.45) is 0.687. The van der Waals surface area contributed by atoms with Gasteiger partial charge in [-0.2, -0.15) is 8.78 Å². The number of benzene rings is 2. The minimum absolute atomic E-state index is 0.0186. The highest BCUT2D eigenvalue weighted by atomic mass is 35.5. The van der Waals surface area contributed by atoms with Crippen LogP contribution in [0.25, 0.3) is 0 Å². The zero-order valence-electron chi connectivity index (χ0n) is 23.0. The SMILES string of the molecule is CC(C)[C@H](NC(=O)Cc1cc(OC(F)F)ccc1S(C)(=O)=O)C(=O)N/C(=C/C(=O)O)C(=O)CSCc1c(F)cccc1Cl. The number of nitrogens with one attached hydrogen (secondary N) is 2. The monoisotopic (exact) mass is 664 g/mol. The number of sulfone groups is 1. The molecule has 43 heavy (non-hydrogen) atoms. The number of ether oxygens (including phenoxy) is 1. The standard InChI is InChI=1S/C27H28ClF3N2O8S2/c1-14(2)25(33-23(35)10-15-9-16(41-27(30)31)7-8-22(15)43(3,39)40)26(38)32-20(11-24(36)37)21(34)13-42-12-17-18(28)5-4-6-19(17)29/h4-9,11,14,25,27H,10,12-13H2,1-3H3,(H,32,38)(H,33,35)(H,36,37)/b20-11+/t25-/m0/s1. The molecule has 0 saturated carbocycles. The third kappa shape index (κ3) is 11.2. The highest BCUT2D eigenvalue weighted by Crippen LogP contribution is 2.25. The first-order valence-corrected chi connectivity index (χ1v) is 15.8. The van der Waals surface area contributed by atoms with Crippen molar-refractivity contribution in [2.24, 2.45) is 5.92 Å². The topological polar surface area (TPSA) is 156 Å². The maximum atomic E-state index is 14.0. The maximum absolute atomic E-state index is 14.0. The molecule has 2 amide bonds. The molecule has 10 nitrogen and oxygen atoms in total. The largest absolute Gasteiger partial charge is 0.478 e. The van der Waals surface area contributed by atoms with Crippen molar-refractivity contribution in [1.82, 2.24) is 10.6 Å². The van der Waals surface area contributed by atoms with Crippen LogP contribution in [0.1, 0.15) is 25.0 Å². The molecule has 16 heteroatoms. The van der Waals surface area contributed by atoms with Crippen molar-refractivity contribution in [3.05, 3.63) is 70.1 Å². The second-order valence-electron chi connectivity index (χ2n) is 9.39. The first-order chi connectivity index (χ1) is 20.0. The lowest BCUT2D eigenvalue weighted by Gasteiger charge is -2.22. The maximum Gasteiger partial charge on any atom is 0.387 e. The van der Waals surface area contributed by atoms with E-state index in [-0.39, 0.29) is 38.3 Å². The lowest BCUT2D eigenvalue weighted by atomic mass is 10.0. The number of allylic oxidation sites excluding steroid dienone is 1. The molecule has 2 aromatic carbocycles. The number of thioether (sulfide) groups is 1. The number of rotatable bonds is 15. The van der Waals surface area contributed by atoms with Crippen LogP contribution in [-0.4, -0.2) is 61.8 Å². The van der Waals surface area contributed by atoms with E-state index in [1.807, 2.05) is 0 Å². The van der Waals surface area contributed by atoms with Gasteiger partial charge < -0.3 is 20.5 Å². The molecule has 2 rings (SSSR count). The second kappa shape index (κ2) is 15.8. The lowest BCUT2D eigenvalue weighted by molar-refractivity contribution is -0.132. The third-order valence-electron chi connectivity index (χ3n) is 5.64. The fourth-order valence-corrected chi connectivity index (χ4v) is 5.85. The van der Waals surface area contributed by atoms with Gasteiger partial charge >= 0.3 is 12.6 Å². The van der Waals surface area contributed by atoms with Gasteiger partial charge in [-0.3, -0.25) is 14.4 Å². The lowest BCUT2D eigenvalue weighted by Crippen LogP contribution is -2.50. The van der Waals surface area contributed by atoms with E-state index >= 15 is 0 Å². The number of alkyl halides is 2. The van der Waals surface area contributed by atoms with E-state index in [9.17, 15) is 45.9 Å². The first-order valence-electron chi connectivity index (χ1n) is 12.4. The molecule has 0 bridgehead atoms. The predicted molar refractivity (Wildman–Crippen MR) is 153 cm³/mol. The Morgan fingerprint density at radius 1 is 1.14 bits per heavy atom. The zero-order chi connectivity index (χ0) is 32.5. The van der Waals surface area contributed by atoms with Gasteiger partial charge in [-0.25, -0.2) is 17.6 Å². The van der Waals surface area contributed by atoms with Crippen LogP contribution in [0.15, 0.2) is 53.1 Å². The van der Waals surface area contributed by atoms with E-state index in [1.165, 1.54) is 18.2 Å². The second-order valence-corrected chi connectivity index (χ2v) is 12.8. The van der Waals surface area contributed by atoms with Crippen LogP contribution in [0.4, 0.5) is 13.2 Å². The molecule has 0 aliphatic heterocycles. The summed E-state index contributed by atoms with van der Waals surface area (Å²) in [6, 6.07) is 5.72. The summed E-state index contributed by atoms with van der Waals surface area (Å²) in [7, 11) is -3.89. The van der Waals surface area contributed by atoms with E-state index in [0.717, 1.165) is 36.2 Å². The number of ketones is 1. The molecule has 1 atom stereocenters. The summed E-state index contributed by atoms with van der Waals surface area (Å²) < 4.78 is 68.0. The van der Waals surface area contributed by atoms with Gasteiger partial charge in [0.15, 0.2) is 15.6 Å². The highest BCUT2D eigenvalue weighted by Gasteiger charge is 2.28. The fourth-order valence-electron chi connectivity index (χ4n) is 3.68. The van der Waals surface area contributed by atoms with Crippen LogP contribution >= 0.6 is 23.4 Å². The van der Waals surface area contributed by atoms with Crippen molar-refractivity contribution in [3.8, 4) is 5.75 Å². The summed E-state index contributed by atoms with van der Waals surface area (Å²) in [5.74, 6) is -6.14. The summed E-state index contributed by atoms with van der Waals surface area (Å²) in [4.78, 5) is 49.7. The summed E-state index contributed by atoms with van der Waals surface area (Å²) in [5.41, 5.74) is -0.627. The van der Waals surface area contributed by atoms with Gasteiger partial charge in [0.25, 0.3) is 0 Å². The Bertz CT molecular complexity index is 1500. The molecule has 0 saturated heterocycles. The van der Waals surface area contributed by atoms with Gasteiger partial charge in [-0.15, -0.1) is 11.8 Å². The van der Waals surface area contributed by atoms with Gasteiger partial charge in [0.2, 0.25) is 11.8 Å². The smallest absolute Gasteiger partial charge is 0.387 e. The predicted octanol–water partition coefficient (Wildman–Crippen LogP) is 3.75. The van der Waals surface area contributed by atoms with Crippen molar-refractivity contribution in [2.45, 2.75) is 43.6 Å². The number of amides is 2. The number of hydrogen-bond acceptors (Lipinski definition) is 8. The van der Waals surface area contributed by atoms with E-state index in [0.29, 0.717) is 6.08 Å². The quantitative estimate of drug-likeness (QED) is 0.241. The van der Waals surface area contributed by atoms with Gasteiger partial charge in [0.1, 0.15) is 17.6 Å². The number of carbonyl (C=O) groups is 4. The Hall–Kier alpha value is -3.56. The van der Waals surface area contributed by atoms with Crippen molar-refractivity contribution in [2.75, 3.05) is 12.0 Å². The summed E-state index contributed by atoms with van der Waals surface area (Å²) in [6.45, 7) is -0.119. The van der Waals surface area contributed by atoms with Crippen LogP contribution in [0, 0.1) is 11.7 Å². The molecule has 0 aliphatic rings. The van der Waals surface area contributed by atoms with Gasteiger partial charge in [-0.05, 0) is 41.8 Å². The number of carbonyl (C=O) groups excluding carboxylic acids is 3. The Morgan fingerprint density at radius 2 is 1.81 bits per heavy atom. The van der Waals surface area contributed by atoms with E-state index in [1.54, 1.807) is 13.8 Å². The molecule has 234 valence electrons. The summed E-state index contributed by atoms with van der Waals surface area (Å²) >= 11 is 6.90. The molecular formula is C27H28ClF3N2O8S2. The molecular weight excluding hydrogens is 637 g/mol. The van der Waals surface area contributed by atoms with E-state index < -0.39 is 69.9 Å². The number of hydrogen-bond donors (Lipinski definition) is 3. The molecule has 0 aromatic heterocycles. The molecule has 0 heterocycles. The third-order valence-corrected chi connectivity index (χ3v) is 8.15. The molecule has 0 spiro atoms. The Balaban J connectivity index is 2.18. The van der Waals surface area contributed by atoms with Crippen LogP contribution in [0.5, 0.6) is 5.75 Å². The average Bonchev–Trinajstić information content (AvgIpc) is 2.87. The molecule has 0 fully saturated rings. The number of carboxylic acid groups (broad SMARTS) is 1. The zero-order valence-corrected chi connectivity index (χ0v) is 25.4. The van der Waals surface area contributed by atoms with Gasteiger partial charge in [0.05, 0.1) is 28.8 Å². The van der Waals surface area contributed by atoms with Gasteiger partial charge in [0, 0.05) is 22.6 Å². The van der Waals surface area contributed by atoms with E-state index in [2.05, 4.69) is 15.4 Å². The molecule has 0 aliphatic carbocycles. The number of Topliss-reactive ketones (excluding diaryl/α,β-unsaturated/α-hetero) is 1. The molecule has 3 N–H and O–H groups in total. The first kappa shape index (κ1) is 35.6. The van der Waals surface area contributed by atoms with Gasteiger partial charge in [-0.1, -0.05) is 31.5 Å². The summed E-state index contributed by atoms with van der Waals surface area (Å²) in [5, 5.41) is 14.0. The average molecular weight is 665 g/mol. The van der Waals surface area contributed by atoms with E-state index in [4.69, 9.17) is 11.6 Å². The van der Waals surface area contributed by atoms with Crippen LogP contribution in [0.3, 0.4) is 0 Å². The van der Waals surface area contributed by atoms with Crippen molar-refractivity contribution in [3.63, 3.8) is 0 Å². The molecule has 0 radical (unpaired) electrons. The Labute approximate surface area is 254 Å². The molecule has 2 aromatic rings. The normalized spacial score (nSPS) is 12.6.